The molecule has 0 aliphatic rings. The highest BCUT2D eigenvalue weighted by Crippen LogP contribution is 2.31. The van der Waals surface area contributed by atoms with Gasteiger partial charge in [0.15, 0.2) is 0 Å². The van der Waals surface area contributed by atoms with E-state index in [1.165, 1.54) is 24.3 Å². The maximum Gasteiger partial charge on any atom is 0.142 e. The lowest BCUT2D eigenvalue weighted by molar-refractivity contribution is 0.221. The first-order valence-corrected chi connectivity index (χ1v) is 6.76. The molecule has 3 rings (SSSR count). The van der Waals surface area contributed by atoms with Gasteiger partial charge >= 0.3 is 0 Å². The number of hydrogen-bond acceptors (Lipinski definition) is 1. The van der Waals surface area contributed by atoms with E-state index in [9.17, 15) is 13.9 Å². The van der Waals surface area contributed by atoms with Crippen molar-refractivity contribution in [2.75, 3.05) is 0 Å². The Morgan fingerprint density at radius 1 is 0.857 bits per heavy atom. The Kier molecular flexibility index (Phi) is 3.62. The number of halogens is 3. The van der Waals surface area contributed by atoms with Crippen LogP contribution in [0.15, 0.2) is 54.6 Å². The Bertz CT molecular complexity index is 817. The van der Waals surface area contributed by atoms with Crippen LogP contribution in [0.5, 0.6) is 0 Å². The maximum absolute atomic E-state index is 13.8. The van der Waals surface area contributed by atoms with Gasteiger partial charge in [-0.15, -0.1) is 0 Å². The standard InChI is InChI=1S/C17H11ClF2O/c18-14-7-5-10(9-16(14)20)17(21)13-6-8-15(19)12-4-2-1-3-11(12)13/h1-9,17,21H. The summed E-state index contributed by atoms with van der Waals surface area (Å²) in [4.78, 5) is 0. The van der Waals surface area contributed by atoms with E-state index in [2.05, 4.69) is 0 Å². The molecule has 0 amide bonds. The predicted octanol–water partition coefficient (Wildman–Crippen LogP) is 4.85. The molecule has 0 aliphatic heterocycles. The first-order valence-electron chi connectivity index (χ1n) is 6.38. The molecule has 0 fully saturated rings. The number of rotatable bonds is 2. The normalized spacial score (nSPS) is 12.6. The second-order valence-electron chi connectivity index (χ2n) is 4.76. The Hall–Kier alpha value is -1.97. The third kappa shape index (κ3) is 2.50. The SMILES string of the molecule is OC(c1ccc(Cl)c(F)c1)c1ccc(F)c2ccccc12. The fourth-order valence-electron chi connectivity index (χ4n) is 2.39. The van der Waals surface area contributed by atoms with Crippen molar-refractivity contribution in [1.29, 1.82) is 0 Å². The van der Waals surface area contributed by atoms with Crippen LogP contribution in [0.1, 0.15) is 17.2 Å². The Morgan fingerprint density at radius 3 is 2.29 bits per heavy atom. The maximum atomic E-state index is 13.8. The monoisotopic (exact) mass is 304 g/mol. The highest BCUT2D eigenvalue weighted by molar-refractivity contribution is 6.30. The van der Waals surface area contributed by atoms with Crippen molar-refractivity contribution in [3.63, 3.8) is 0 Å². The number of aliphatic hydroxyl groups is 1. The van der Waals surface area contributed by atoms with Crippen molar-refractivity contribution in [3.05, 3.63) is 82.4 Å². The zero-order chi connectivity index (χ0) is 15.0. The average Bonchev–Trinajstić information content (AvgIpc) is 2.50. The van der Waals surface area contributed by atoms with Gasteiger partial charge in [0.05, 0.1) is 5.02 Å². The Balaban J connectivity index is 2.15. The van der Waals surface area contributed by atoms with Gasteiger partial charge in [-0.2, -0.15) is 0 Å². The molecule has 0 bridgehead atoms. The number of hydrogen-bond donors (Lipinski definition) is 1. The molecule has 3 aromatic carbocycles. The topological polar surface area (TPSA) is 20.2 Å². The van der Waals surface area contributed by atoms with Gasteiger partial charge in [0.2, 0.25) is 0 Å². The van der Waals surface area contributed by atoms with E-state index in [1.807, 2.05) is 0 Å². The minimum atomic E-state index is -1.05. The van der Waals surface area contributed by atoms with Gasteiger partial charge in [0.25, 0.3) is 0 Å². The molecule has 0 saturated heterocycles. The van der Waals surface area contributed by atoms with E-state index in [0.29, 0.717) is 21.9 Å². The minimum absolute atomic E-state index is 0.00471. The van der Waals surface area contributed by atoms with Crippen LogP contribution in [0.25, 0.3) is 10.8 Å². The molecule has 0 aliphatic carbocycles. The lowest BCUT2D eigenvalue weighted by Gasteiger charge is -2.15. The molecule has 3 aromatic rings. The molecule has 1 atom stereocenters. The lowest BCUT2D eigenvalue weighted by atomic mass is 9.95. The summed E-state index contributed by atoms with van der Waals surface area (Å²) in [7, 11) is 0. The second kappa shape index (κ2) is 5.43. The summed E-state index contributed by atoms with van der Waals surface area (Å²) in [6, 6.07) is 13.8. The zero-order valence-corrected chi connectivity index (χ0v) is 11.6. The van der Waals surface area contributed by atoms with Gasteiger partial charge in [-0.25, -0.2) is 8.78 Å². The summed E-state index contributed by atoms with van der Waals surface area (Å²) in [6.45, 7) is 0. The fraction of sp³-hybridized carbons (Fsp3) is 0.0588. The van der Waals surface area contributed by atoms with Gasteiger partial charge in [-0.1, -0.05) is 48.0 Å². The first kappa shape index (κ1) is 14.0. The molecule has 106 valence electrons. The molecule has 0 radical (unpaired) electrons. The van der Waals surface area contributed by atoms with Gasteiger partial charge in [0.1, 0.15) is 17.7 Å². The van der Waals surface area contributed by atoms with E-state index in [1.54, 1.807) is 30.3 Å². The van der Waals surface area contributed by atoms with E-state index in [0.717, 1.165) is 0 Å². The van der Waals surface area contributed by atoms with Crippen molar-refractivity contribution in [2.24, 2.45) is 0 Å². The molecule has 1 nitrogen and oxygen atoms in total. The summed E-state index contributed by atoms with van der Waals surface area (Å²) in [5, 5.41) is 11.5. The van der Waals surface area contributed by atoms with Gasteiger partial charge in [-0.05, 0) is 34.7 Å². The van der Waals surface area contributed by atoms with Crippen LogP contribution in [-0.4, -0.2) is 5.11 Å². The molecule has 0 saturated carbocycles. The van der Waals surface area contributed by atoms with Gasteiger partial charge < -0.3 is 5.11 Å². The molecule has 0 spiro atoms. The third-order valence-corrected chi connectivity index (χ3v) is 3.77. The summed E-state index contributed by atoms with van der Waals surface area (Å²) < 4.78 is 27.3. The second-order valence-corrected chi connectivity index (χ2v) is 5.17. The summed E-state index contributed by atoms with van der Waals surface area (Å²) in [6.07, 6.45) is -1.05. The fourth-order valence-corrected chi connectivity index (χ4v) is 2.50. The predicted molar refractivity (Wildman–Crippen MR) is 79.4 cm³/mol. The van der Waals surface area contributed by atoms with Crippen LogP contribution in [0.2, 0.25) is 5.02 Å². The van der Waals surface area contributed by atoms with Crippen LogP contribution in [0.3, 0.4) is 0 Å². The lowest BCUT2D eigenvalue weighted by Crippen LogP contribution is -2.02. The number of benzene rings is 3. The van der Waals surface area contributed by atoms with Crippen molar-refractivity contribution in [3.8, 4) is 0 Å². The smallest absolute Gasteiger partial charge is 0.142 e. The highest BCUT2D eigenvalue weighted by Gasteiger charge is 2.16. The quantitative estimate of drug-likeness (QED) is 0.717. The first-order chi connectivity index (χ1) is 10.1. The molecule has 1 N–H and O–H groups in total. The van der Waals surface area contributed by atoms with Crippen molar-refractivity contribution >= 4 is 22.4 Å². The van der Waals surface area contributed by atoms with E-state index < -0.39 is 11.9 Å². The van der Waals surface area contributed by atoms with E-state index in [-0.39, 0.29) is 10.8 Å². The average molecular weight is 305 g/mol. The third-order valence-electron chi connectivity index (χ3n) is 3.46. The number of fused-ring (bicyclic) bond motifs is 1. The molecule has 4 heteroatoms. The van der Waals surface area contributed by atoms with Crippen molar-refractivity contribution < 1.29 is 13.9 Å². The van der Waals surface area contributed by atoms with Gasteiger partial charge in [0, 0.05) is 5.39 Å². The summed E-state index contributed by atoms with van der Waals surface area (Å²) in [5.41, 5.74) is 0.891. The molecule has 0 aromatic heterocycles. The largest absolute Gasteiger partial charge is 0.384 e. The summed E-state index contributed by atoms with van der Waals surface area (Å²) in [5.74, 6) is -0.955. The van der Waals surface area contributed by atoms with E-state index in [4.69, 9.17) is 11.6 Å². The van der Waals surface area contributed by atoms with Crippen LogP contribution in [-0.2, 0) is 0 Å². The van der Waals surface area contributed by atoms with Crippen LogP contribution in [0.4, 0.5) is 8.78 Å². The molecule has 1 unspecified atom stereocenters. The molecule has 21 heavy (non-hydrogen) atoms. The summed E-state index contributed by atoms with van der Waals surface area (Å²) >= 11 is 5.64. The highest BCUT2D eigenvalue weighted by atomic mass is 35.5. The zero-order valence-electron chi connectivity index (χ0n) is 10.9. The van der Waals surface area contributed by atoms with Crippen LogP contribution in [0, 0.1) is 11.6 Å². The molecular formula is C17H11ClF2O. The van der Waals surface area contributed by atoms with Gasteiger partial charge in [-0.3, -0.25) is 0 Å². The Labute approximate surface area is 125 Å². The molecular weight excluding hydrogens is 294 g/mol. The molecule has 0 heterocycles. The van der Waals surface area contributed by atoms with E-state index >= 15 is 0 Å². The number of aliphatic hydroxyl groups excluding tert-OH is 1. The van der Waals surface area contributed by atoms with Crippen LogP contribution < -0.4 is 0 Å². The van der Waals surface area contributed by atoms with Crippen LogP contribution >= 0.6 is 11.6 Å². The Morgan fingerprint density at radius 2 is 1.57 bits per heavy atom. The minimum Gasteiger partial charge on any atom is -0.384 e. The van der Waals surface area contributed by atoms with Crippen molar-refractivity contribution in [1.82, 2.24) is 0 Å². The van der Waals surface area contributed by atoms with Crippen molar-refractivity contribution in [2.45, 2.75) is 6.10 Å².